The van der Waals surface area contributed by atoms with E-state index in [1.54, 1.807) is 0 Å². The Balaban J connectivity index is 2.33. The van der Waals surface area contributed by atoms with Crippen molar-refractivity contribution in [2.45, 2.75) is 26.2 Å². The van der Waals surface area contributed by atoms with Gasteiger partial charge in [-0.25, -0.2) is 0 Å². The van der Waals surface area contributed by atoms with Crippen LogP contribution in [0.2, 0.25) is 0 Å². The Morgan fingerprint density at radius 3 is 2.82 bits per heavy atom. The quantitative estimate of drug-likeness (QED) is 0.815. The highest BCUT2D eigenvalue weighted by Gasteiger charge is 2.26. The summed E-state index contributed by atoms with van der Waals surface area (Å²) < 4.78 is 4.89. The fourth-order valence-electron chi connectivity index (χ4n) is 2.44. The van der Waals surface area contributed by atoms with E-state index >= 15 is 0 Å². The number of hydrogen-bond acceptors (Lipinski definition) is 3. The molecule has 0 radical (unpaired) electrons. The Bertz CT molecular complexity index is 426. The van der Waals surface area contributed by atoms with Crippen LogP contribution in [0.1, 0.15) is 30.9 Å². The highest BCUT2D eigenvalue weighted by atomic mass is 16.5. The molecule has 0 saturated carbocycles. The summed E-state index contributed by atoms with van der Waals surface area (Å²) in [6.07, 6.45) is 1.04. The summed E-state index contributed by atoms with van der Waals surface area (Å²) in [5, 5.41) is 3.32. The lowest BCUT2D eigenvalue weighted by Gasteiger charge is -2.19. The van der Waals surface area contributed by atoms with Crippen LogP contribution < -0.4 is 5.32 Å². The van der Waals surface area contributed by atoms with Gasteiger partial charge in [0.2, 0.25) is 0 Å². The van der Waals surface area contributed by atoms with Gasteiger partial charge in [0.05, 0.1) is 13.0 Å². The summed E-state index contributed by atoms with van der Waals surface area (Å²) in [7, 11) is 1.45. The number of hydrogen-bond donors (Lipinski definition) is 1. The van der Waals surface area contributed by atoms with E-state index in [1.165, 1.54) is 18.4 Å². The lowest BCUT2D eigenvalue weighted by Crippen LogP contribution is -2.19. The van der Waals surface area contributed by atoms with Crippen LogP contribution in [-0.4, -0.2) is 19.6 Å². The second-order valence-electron chi connectivity index (χ2n) is 4.84. The molecule has 1 aromatic rings. The normalized spacial score (nSPS) is 15.3. The molecule has 0 aromatic heterocycles. The van der Waals surface area contributed by atoms with Crippen LogP contribution in [0.5, 0.6) is 0 Å². The molecule has 1 unspecified atom stereocenters. The number of esters is 1. The molecule has 17 heavy (non-hydrogen) atoms. The van der Waals surface area contributed by atoms with Crippen LogP contribution in [0.15, 0.2) is 18.2 Å². The summed E-state index contributed by atoms with van der Waals surface area (Å²) in [5.74, 6) is -0.0633. The molecule has 3 nitrogen and oxygen atoms in total. The number of ether oxygens (including phenoxy) is 1. The first-order valence-corrected chi connectivity index (χ1v) is 6.08. The molecule has 2 rings (SSSR count). The summed E-state index contributed by atoms with van der Waals surface area (Å²) in [6, 6.07) is 6.23. The Morgan fingerprint density at radius 1 is 1.41 bits per heavy atom. The number of fused-ring (bicyclic) bond motifs is 1. The molecule has 0 bridgehead atoms. The number of rotatable bonds is 3. The maximum absolute atomic E-state index is 11.8. The SMILES string of the molecule is COC(=O)C(c1ccc2c(c1)CCN2)C(C)C. The number of carbonyl (C=O) groups excluding carboxylic acids is 1. The molecule has 92 valence electrons. The summed E-state index contributed by atoms with van der Waals surface area (Å²) in [5.41, 5.74) is 3.56. The van der Waals surface area contributed by atoms with Crippen LogP contribution in [0.25, 0.3) is 0 Å². The van der Waals surface area contributed by atoms with E-state index in [2.05, 4.69) is 17.4 Å². The van der Waals surface area contributed by atoms with Crippen LogP contribution in [0, 0.1) is 5.92 Å². The molecule has 1 aliphatic heterocycles. The van der Waals surface area contributed by atoms with Crippen LogP contribution in [-0.2, 0) is 16.0 Å². The van der Waals surface area contributed by atoms with E-state index in [-0.39, 0.29) is 17.8 Å². The maximum Gasteiger partial charge on any atom is 0.313 e. The highest BCUT2D eigenvalue weighted by molar-refractivity contribution is 5.79. The average Bonchev–Trinajstić information content (AvgIpc) is 2.75. The minimum atomic E-state index is -0.161. The van der Waals surface area contributed by atoms with E-state index < -0.39 is 0 Å². The van der Waals surface area contributed by atoms with Crippen molar-refractivity contribution in [3.05, 3.63) is 29.3 Å². The van der Waals surface area contributed by atoms with Crippen LogP contribution >= 0.6 is 0 Å². The van der Waals surface area contributed by atoms with Gasteiger partial charge in [0, 0.05) is 12.2 Å². The van der Waals surface area contributed by atoms with Crippen LogP contribution in [0.4, 0.5) is 5.69 Å². The van der Waals surface area contributed by atoms with Crippen molar-refractivity contribution < 1.29 is 9.53 Å². The van der Waals surface area contributed by atoms with E-state index in [0.29, 0.717) is 0 Å². The number of anilines is 1. The summed E-state index contributed by atoms with van der Waals surface area (Å²) >= 11 is 0. The van der Waals surface area contributed by atoms with Gasteiger partial charge in [0.25, 0.3) is 0 Å². The minimum absolute atomic E-state index is 0.147. The molecule has 0 fully saturated rings. The van der Waals surface area contributed by atoms with Crippen molar-refractivity contribution in [2.24, 2.45) is 5.92 Å². The Kier molecular flexibility index (Phi) is 3.36. The third-order valence-corrected chi connectivity index (χ3v) is 3.32. The third kappa shape index (κ3) is 2.28. The smallest absolute Gasteiger partial charge is 0.313 e. The lowest BCUT2D eigenvalue weighted by molar-refractivity contribution is -0.143. The van der Waals surface area contributed by atoms with Crippen LogP contribution in [0.3, 0.4) is 0 Å². The molecule has 1 atom stereocenters. The van der Waals surface area contributed by atoms with E-state index in [9.17, 15) is 4.79 Å². The number of methoxy groups -OCH3 is 1. The van der Waals surface area contributed by atoms with Crippen molar-refractivity contribution in [3.63, 3.8) is 0 Å². The van der Waals surface area contributed by atoms with E-state index in [0.717, 1.165) is 18.5 Å². The second kappa shape index (κ2) is 4.78. The fourth-order valence-corrected chi connectivity index (χ4v) is 2.44. The first-order chi connectivity index (χ1) is 8.13. The second-order valence-corrected chi connectivity index (χ2v) is 4.84. The fraction of sp³-hybridized carbons (Fsp3) is 0.500. The van der Waals surface area contributed by atoms with Crippen molar-refractivity contribution in [2.75, 3.05) is 19.0 Å². The van der Waals surface area contributed by atoms with Gasteiger partial charge in [-0.05, 0) is 29.5 Å². The van der Waals surface area contributed by atoms with Gasteiger partial charge >= 0.3 is 5.97 Å². The molecular weight excluding hydrogens is 214 g/mol. The summed E-state index contributed by atoms with van der Waals surface area (Å²) in [4.78, 5) is 11.8. The van der Waals surface area contributed by atoms with Crippen molar-refractivity contribution in [1.29, 1.82) is 0 Å². The van der Waals surface area contributed by atoms with Gasteiger partial charge in [-0.3, -0.25) is 4.79 Å². The van der Waals surface area contributed by atoms with Gasteiger partial charge in [0.1, 0.15) is 0 Å². The van der Waals surface area contributed by atoms with Crippen molar-refractivity contribution >= 4 is 11.7 Å². The largest absolute Gasteiger partial charge is 0.469 e. The summed E-state index contributed by atoms with van der Waals surface area (Å²) in [6.45, 7) is 5.09. The average molecular weight is 233 g/mol. The topological polar surface area (TPSA) is 38.3 Å². The maximum atomic E-state index is 11.8. The first-order valence-electron chi connectivity index (χ1n) is 6.08. The van der Waals surface area contributed by atoms with E-state index in [4.69, 9.17) is 4.74 Å². The third-order valence-electron chi connectivity index (χ3n) is 3.32. The first kappa shape index (κ1) is 12.0. The van der Waals surface area contributed by atoms with Gasteiger partial charge in [0.15, 0.2) is 0 Å². The number of nitrogens with one attached hydrogen (secondary N) is 1. The lowest BCUT2D eigenvalue weighted by atomic mass is 9.87. The van der Waals surface area contributed by atoms with Gasteiger partial charge in [-0.1, -0.05) is 26.0 Å². The Hall–Kier alpha value is -1.51. The predicted molar refractivity (Wildman–Crippen MR) is 68.2 cm³/mol. The molecule has 1 aliphatic rings. The molecule has 1 heterocycles. The van der Waals surface area contributed by atoms with Gasteiger partial charge in [-0.15, -0.1) is 0 Å². The zero-order valence-electron chi connectivity index (χ0n) is 10.6. The molecule has 1 N–H and O–H groups in total. The molecule has 0 aliphatic carbocycles. The standard InChI is InChI=1S/C14H19NO2/c1-9(2)13(14(16)17-3)11-4-5-12-10(8-11)6-7-15-12/h4-5,8-9,13,15H,6-7H2,1-3H3. The van der Waals surface area contributed by atoms with Gasteiger partial charge in [-0.2, -0.15) is 0 Å². The van der Waals surface area contributed by atoms with Crippen molar-refractivity contribution in [3.8, 4) is 0 Å². The van der Waals surface area contributed by atoms with Crippen molar-refractivity contribution in [1.82, 2.24) is 0 Å². The minimum Gasteiger partial charge on any atom is -0.469 e. The number of carbonyl (C=O) groups is 1. The zero-order valence-corrected chi connectivity index (χ0v) is 10.6. The molecule has 0 amide bonds. The molecule has 0 saturated heterocycles. The molecule has 3 heteroatoms. The zero-order chi connectivity index (χ0) is 12.4. The highest BCUT2D eigenvalue weighted by Crippen LogP contribution is 2.31. The predicted octanol–water partition coefficient (Wildman–Crippen LogP) is 2.57. The van der Waals surface area contributed by atoms with E-state index in [1.807, 2.05) is 19.9 Å². The molecular formula is C14H19NO2. The molecule has 1 aromatic carbocycles. The number of benzene rings is 1. The monoisotopic (exact) mass is 233 g/mol. The Labute approximate surface area is 102 Å². The van der Waals surface area contributed by atoms with Gasteiger partial charge < -0.3 is 10.1 Å². The molecule has 0 spiro atoms. The Morgan fingerprint density at radius 2 is 2.18 bits per heavy atom.